The average Bonchev–Trinajstić information content (AvgIpc) is 3.43. The van der Waals surface area contributed by atoms with E-state index in [0.29, 0.717) is 22.5 Å². The van der Waals surface area contributed by atoms with Crippen molar-refractivity contribution in [2.45, 2.75) is 5.41 Å². The smallest absolute Gasteiger partial charge is 0.255 e. The molecule has 0 saturated carbocycles. The monoisotopic (exact) mass is 604 g/mol. The molecule has 1 aliphatic rings. The van der Waals surface area contributed by atoms with E-state index in [1.807, 2.05) is 24.3 Å². The van der Waals surface area contributed by atoms with E-state index in [2.05, 4.69) is 95.3 Å². The highest BCUT2D eigenvalue weighted by molar-refractivity contribution is 6.05. The molecule has 2 amide bonds. The minimum absolute atomic E-state index is 0.211. The lowest BCUT2D eigenvalue weighted by atomic mass is 9.67. The number of amides is 2. The number of anilines is 2. The topological polar surface area (TPSA) is 58.2 Å². The van der Waals surface area contributed by atoms with E-state index in [-0.39, 0.29) is 11.8 Å². The predicted octanol–water partition coefficient (Wildman–Crippen LogP) is 8.52. The van der Waals surface area contributed by atoms with Gasteiger partial charge in [0, 0.05) is 33.6 Å². The second kappa shape index (κ2) is 12.1. The van der Waals surface area contributed by atoms with E-state index in [1.54, 1.807) is 48.5 Å². The molecule has 47 heavy (non-hydrogen) atoms. The van der Waals surface area contributed by atoms with Gasteiger partial charge in [-0.25, -0.2) is 0 Å². The zero-order valence-electron chi connectivity index (χ0n) is 25.3. The second-order valence-corrected chi connectivity index (χ2v) is 11.3. The molecule has 0 heterocycles. The average molecular weight is 605 g/mol. The highest BCUT2D eigenvalue weighted by Crippen LogP contribution is 2.56. The summed E-state index contributed by atoms with van der Waals surface area (Å²) < 4.78 is 0. The molecule has 0 unspecified atom stereocenters. The zero-order valence-corrected chi connectivity index (χ0v) is 25.3. The van der Waals surface area contributed by atoms with Gasteiger partial charge in [0.2, 0.25) is 0 Å². The number of carbonyl (C=O) groups is 2. The van der Waals surface area contributed by atoms with Gasteiger partial charge in [0.25, 0.3) is 11.8 Å². The molecule has 4 nitrogen and oxygen atoms in total. The molecule has 6 aromatic carbocycles. The predicted molar refractivity (Wildman–Crippen MR) is 188 cm³/mol. The SMILES string of the molecule is C#Cc1ccc(C(=O)Nc2ccc(C3(c4ccc(NC(=O)c5ccc(C#C)cc5)cc4)c4ccccc4-c4ccccc43)cc2)cc1. The number of terminal acetylenes is 2. The minimum Gasteiger partial charge on any atom is -0.322 e. The van der Waals surface area contributed by atoms with Crippen LogP contribution in [0.1, 0.15) is 54.1 Å². The molecule has 0 aliphatic heterocycles. The number of benzene rings is 6. The number of rotatable bonds is 6. The Morgan fingerprint density at radius 2 is 0.830 bits per heavy atom. The Hall–Kier alpha value is -6.62. The summed E-state index contributed by atoms with van der Waals surface area (Å²) in [6.07, 6.45) is 10.9. The van der Waals surface area contributed by atoms with Crippen LogP contribution in [0.2, 0.25) is 0 Å². The molecular weight excluding hydrogens is 576 g/mol. The number of nitrogens with one attached hydrogen (secondary N) is 2. The molecule has 0 saturated heterocycles. The number of carbonyl (C=O) groups excluding carboxylic acids is 2. The van der Waals surface area contributed by atoms with Crippen LogP contribution in [-0.2, 0) is 5.41 Å². The first-order chi connectivity index (χ1) is 23.0. The van der Waals surface area contributed by atoms with E-state index in [9.17, 15) is 9.59 Å². The Balaban J connectivity index is 1.26. The standard InChI is InChI=1S/C43H28N2O2/c1-3-29-13-17-31(18-14-29)41(46)44-35-25-21-33(22-26-35)43(39-11-7-5-9-37(39)38-10-6-8-12-40(38)43)34-23-27-36(28-24-34)45-42(47)32-19-15-30(4-2)16-20-32/h1-2,5-28H,(H,44,46)(H,45,47). The normalized spacial score (nSPS) is 12.1. The molecule has 0 fully saturated rings. The fourth-order valence-electron chi connectivity index (χ4n) is 6.47. The zero-order chi connectivity index (χ0) is 32.4. The number of hydrogen-bond donors (Lipinski definition) is 2. The quantitative estimate of drug-likeness (QED) is 0.187. The van der Waals surface area contributed by atoms with Crippen molar-refractivity contribution in [2.24, 2.45) is 0 Å². The van der Waals surface area contributed by atoms with Gasteiger partial charge in [0.05, 0.1) is 5.41 Å². The molecule has 4 heteroatoms. The van der Waals surface area contributed by atoms with Crippen LogP contribution in [0.5, 0.6) is 0 Å². The van der Waals surface area contributed by atoms with Gasteiger partial charge in [-0.15, -0.1) is 12.8 Å². The third-order valence-electron chi connectivity index (χ3n) is 8.73. The molecule has 0 bridgehead atoms. The van der Waals surface area contributed by atoms with E-state index in [1.165, 1.54) is 11.1 Å². The van der Waals surface area contributed by atoms with Crippen LogP contribution < -0.4 is 10.6 Å². The maximum absolute atomic E-state index is 13.0. The van der Waals surface area contributed by atoms with Crippen molar-refractivity contribution in [3.05, 3.63) is 190 Å². The van der Waals surface area contributed by atoms with E-state index in [0.717, 1.165) is 33.4 Å². The molecule has 222 valence electrons. The van der Waals surface area contributed by atoms with Crippen molar-refractivity contribution in [2.75, 3.05) is 10.6 Å². The maximum Gasteiger partial charge on any atom is 0.255 e. The fraction of sp³-hybridized carbons (Fsp3) is 0.0233. The summed E-state index contributed by atoms with van der Waals surface area (Å²) in [5.41, 5.74) is 10.0. The van der Waals surface area contributed by atoms with Crippen LogP contribution in [-0.4, -0.2) is 11.8 Å². The largest absolute Gasteiger partial charge is 0.322 e. The Morgan fingerprint density at radius 3 is 1.19 bits per heavy atom. The van der Waals surface area contributed by atoms with Gasteiger partial charge in [-0.1, -0.05) is 84.6 Å². The summed E-state index contributed by atoms with van der Waals surface area (Å²) in [4.78, 5) is 26.0. The van der Waals surface area contributed by atoms with Gasteiger partial charge in [0.1, 0.15) is 0 Å². The minimum atomic E-state index is -0.631. The second-order valence-electron chi connectivity index (χ2n) is 11.3. The van der Waals surface area contributed by atoms with Crippen molar-refractivity contribution in [3.8, 4) is 35.8 Å². The summed E-state index contributed by atoms with van der Waals surface area (Å²) >= 11 is 0. The third kappa shape index (κ3) is 5.15. The Labute approximate surface area is 274 Å². The molecule has 0 aromatic heterocycles. The molecule has 0 spiro atoms. The Morgan fingerprint density at radius 1 is 0.468 bits per heavy atom. The first-order valence-electron chi connectivity index (χ1n) is 15.2. The first kappa shape index (κ1) is 29.1. The molecular formula is C43H28N2O2. The van der Waals surface area contributed by atoms with Crippen LogP contribution >= 0.6 is 0 Å². The van der Waals surface area contributed by atoms with Crippen LogP contribution in [0, 0.1) is 24.7 Å². The van der Waals surface area contributed by atoms with Gasteiger partial charge in [-0.05, 0) is 106 Å². The molecule has 2 N–H and O–H groups in total. The maximum atomic E-state index is 13.0. The van der Waals surface area contributed by atoms with Crippen LogP contribution in [0.15, 0.2) is 146 Å². The Kier molecular flexibility index (Phi) is 7.46. The Bertz CT molecular complexity index is 2050. The molecule has 6 aromatic rings. The van der Waals surface area contributed by atoms with Crippen molar-refractivity contribution < 1.29 is 9.59 Å². The number of hydrogen-bond acceptors (Lipinski definition) is 2. The van der Waals surface area contributed by atoms with Crippen LogP contribution in [0.4, 0.5) is 11.4 Å². The lowest BCUT2D eigenvalue weighted by molar-refractivity contribution is 0.101. The van der Waals surface area contributed by atoms with Gasteiger partial charge < -0.3 is 10.6 Å². The molecule has 0 radical (unpaired) electrons. The van der Waals surface area contributed by atoms with Crippen LogP contribution in [0.3, 0.4) is 0 Å². The van der Waals surface area contributed by atoms with Crippen molar-refractivity contribution in [3.63, 3.8) is 0 Å². The summed E-state index contributed by atoms with van der Waals surface area (Å²) in [6.45, 7) is 0. The summed E-state index contributed by atoms with van der Waals surface area (Å²) in [6, 6.07) is 46.9. The highest BCUT2D eigenvalue weighted by Gasteiger charge is 2.45. The third-order valence-corrected chi connectivity index (χ3v) is 8.73. The van der Waals surface area contributed by atoms with Gasteiger partial charge in [-0.2, -0.15) is 0 Å². The van der Waals surface area contributed by atoms with Gasteiger partial charge in [0.15, 0.2) is 0 Å². The molecule has 0 atom stereocenters. The molecule has 7 rings (SSSR count). The van der Waals surface area contributed by atoms with Crippen LogP contribution in [0.25, 0.3) is 11.1 Å². The fourth-order valence-corrected chi connectivity index (χ4v) is 6.47. The van der Waals surface area contributed by atoms with Crippen molar-refractivity contribution in [1.82, 2.24) is 0 Å². The lowest BCUT2D eigenvalue weighted by Crippen LogP contribution is -2.28. The van der Waals surface area contributed by atoms with E-state index in [4.69, 9.17) is 12.8 Å². The van der Waals surface area contributed by atoms with E-state index >= 15 is 0 Å². The summed E-state index contributed by atoms with van der Waals surface area (Å²) in [5.74, 6) is 4.72. The molecule has 1 aliphatic carbocycles. The lowest BCUT2D eigenvalue weighted by Gasteiger charge is -2.34. The first-order valence-corrected chi connectivity index (χ1v) is 15.2. The highest BCUT2D eigenvalue weighted by atomic mass is 16.2. The summed E-state index contributed by atoms with van der Waals surface area (Å²) in [7, 11) is 0. The van der Waals surface area contributed by atoms with Gasteiger partial charge >= 0.3 is 0 Å². The van der Waals surface area contributed by atoms with Crippen molar-refractivity contribution >= 4 is 23.2 Å². The van der Waals surface area contributed by atoms with Gasteiger partial charge in [-0.3, -0.25) is 9.59 Å². The number of fused-ring (bicyclic) bond motifs is 3. The van der Waals surface area contributed by atoms with E-state index < -0.39 is 5.41 Å². The summed E-state index contributed by atoms with van der Waals surface area (Å²) in [5, 5.41) is 6.02. The van der Waals surface area contributed by atoms with Crippen molar-refractivity contribution in [1.29, 1.82) is 0 Å².